The predicted octanol–water partition coefficient (Wildman–Crippen LogP) is 2.68. The van der Waals surface area contributed by atoms with Crippen LogP contribution in [0.15, 0.2) is 24.5 Å². The number of amides is 1. The molecule has 2 heterocycles. The summed E-state index contributed by atoms with van der Waals surface area (Å²) in [4.78, 5) is 16.3. The van der Waals surface area contributed by atoms with Crippen LogP contribution in [0.25, 0.3) is 11.1 Å². The van der Waals surface area contributed by atoms with Crippen LogP contribution in [-0.2, 0) is 13.0 Å². The molecule has 0 bridgehead atoms. The first-order valence-corrected chi connectivity index (χ1v) is 8.14. The van der Waals surface area contributed by atoms with Gasteiger partial charge < -0.3 is 15.4 Å². The van der Waals surface area contributed by atoms with Gasteiger partial charge in [0.05, 0.1) is 5.56 Å². The third-order valence-electron chi connectivity index (χ3n) is 4.13. The van der Waals surface area contributed by atoms with Gasteiger partial charge in [-0.05, 0) is 32.3 Å². The Morgan fingerprint density at radius 2 is 2.17 bits per heavy atom. The van der Waals surface area contributed by atoms with Crippen LogP contribution >= 0.6 is 0 Å². The Morgan fingerprint density at radius 1 is 1.39 bits per heavy atom. The molecule has 0 fully saturated rings. The van der Waals surface area contributed by atoms with E-state index in [1.54, 1.807) is 12.4 Å². The minimum absolute atomic E-state index is 0.124. The molecular weight excluding hydrogens is 290 g/mol. The molecule has 0 saturated heterocycles. The largest absolute Gasteiger partial charge is 0.396 e. The van der Waals surface area contributed by atoms with Gasteiger partial charge in [-0.2, -0.15) is 0 Å². The number of aliphatic hydroxyl groups is 1. The average Bonchev–Trinajstić information content (AvgIpc) is 2.83. The molecule has 0 aliphatic heterocycles. The number of aliphatic hydroxyl groups excluding tert-OH is 1. The fourth-order valence-electron chi connectivity index (χ4n) is 3.06. The Labute approximate surface area is 137 Å². The molecular formula is C18H25N3O2. The number of rotatable bonds is 8. The molecule has 0 aromatic carbocycles. The lowest BCUT2D eigenvalue weighted by Crippen LogP contribution is -2.13. The number of aromatic nitrogens is 2. The van der Waals surface area contributed by atoms with Crippen molar-refractivity contribution in [3.05, 3.63) is 41.5 Å². The summed E-state index contributed by atoms with van der Waals surface area (Å²) in [5, 5.41) is 9.17. The van der Waals surface area contributed by atoms with E-state index in [9.17, 15) is 9.90 Å². The Kier molecular flexibility index (Phi) is 5.93. The molecule has 1 amide bonds. The van der Waals surface area contributed by atoms with Gasteiger partial charge in [0.15, 0.2) is 0 Å². The normalized spacial score (nSPS) is 10.9. The van der Waals surface area contributed by atoms with Crippen LogP contribution in [0.2, 0.25) is 0 Å². The number of carbonyl (C=O) groups is 1. The SMILES string of the molecule is CCCCc1c(-c2cccnc2)c(C(N)=O)c(C)n1CCCO. The van der Waals surface area contributed by atoms with Crippen molar-refractivity contribution in [1.82, 2.24) is 9.55 Å². The summed E-state index contributed by atoms with van der Waals surface area (Å²) < 4.78 is 2.13. The van der Waals surface area contributed by atoms with E-state index in [0.717, 1.165) is 41.8 Å². The van der Waals surface area contributed by atoms with Gasteiger partial charge in [-0.3, -0.25) is 9.78 Å². The zero-order valence-corrected chi connectivity index (χ0v) is 13.9. The van der Waals surface area contributed by atoms with Gasteiger partial charge in [0.1, 0.15) is 0 Å². The highest BCUT2D eigenvalue weighted by Gasteiger charge is 2.24. The van der Waals surface area contributed by atoms with Crippen LogP contribution in [0.3, 0.4) is 0 Å². The number of unbranched alkanes of at least 4 members (excludes halogenated alkanes) is 1. The molecule has 0 spiro atoms. The van der Waals surface area contributed by atoms with E-state index in [4.69, 9.17) is 5.73 Å². The van der Waals surface area contributed by atoms with Gasteiger partial charge in [0.25, 0.3) is 5.91 Å². The molecule has 124 valence electrons. The second-order valence-corrected chi connectivity index (χ2v) is 5.72. The molecule has 0 unspecified atom stereocenters. The molecule has 0 saturated carbocycles. The van der Waals surface area contributed by atoms with Gasteiger partial charge in [-0.15, -0.1) is 0 Å². The number of pyridine rings is 1. The highest BCUT2D eigenvalue weighted by molar-refractivity contribution is 6.02. The molecule has 2 aromatic rings. The standard InChI is InChI=1S/C18H25N3O2/c1-3-4-8-15-17(14-7-5-9-20-12-14)16(18(19)23)13(2)21(15)10-6-11-22/h5,7,9,12,22H,3-4,6,8,10-11H2,1-2H3,(H2,19,23). The van der Waals surface area contributed by atoms with Crippen molar-refractivity contribution in [2.24, 2.45) is 5.73 Å². The van der Waals surface area contributed by atoms with Crippen molar-refractivity contribution in [3.8, 4) is 11.1 Å². The lowest BCUT2D eigenvalue weighted by Gasteiger charge is -2.12. The monoisotopic (exact) mass is 315 g/mol. The van der Waals surface area contributed by atoms with E-state index in [-0.39, 0.29) is 6.61 Å². The van der Waals surface area contributed by atoms with Crippen molar-refractivity contribution in [3.63, 3.8) is 0 Å². The Hall–Kier alpha value is -2.14. The van der Waals surface area contributed by atoms with Crippen LogP contribution in [0.5, 0.6) is 0 Å². The van der Waals surface area contributed by atoms with Gasteiger partial charge in [0.2, 0.25) is 0 Å². The van der Waals surface area contributed by atoms with Crippen molar-refractivity contribution >= 4 is 5.91 Å². The van der Waals surface area contributed by atoms with Crippen molar-refractivity contribution in [2.75, 3.05) is 6.61 Å². The van der Waals surface area contributed by atoms with Crippen molar-refractivity contribution < 1.29 is 9.90 Å². The topological polar surface area (TPSA) is 81.1 Å². The fourth-order valence-corrected chi connectivity index (χ4v) is 3.06. The van der Waals surface area contributed by atoms with E-state index >= 15 is 0 Å². The first kappa shape index (κ1) is 17.2. The number of hydrogen-bond acceptors (Lipinski definition) is 3. The van der Waals surface area contributed by atoms with Gasteiger partial charge >= 0.3 is 0 Å². The van der Waals surface area contributed by atoms with Crippen molar-refractivity contribution in [1.29, 1.82) is 0 Å². The maximum Gasteiger partial charge on any atom is 0.251 e. The minimum atomic E-state index is -0.415. The second-order valence-electron chi connectivity index (χ2n) is 5.72. The van der Waals surface area contributed by atoms with Crippen LogP contribution in [-0.4, -0.2) is 27.2 Å². The third kappa shape index (κ3) is 3.62. The van der Waals surface area contributed by atoms with Crippen molar-refractivity contribution in [2.45, 2.75) is 46.1 Å². The molecule has 2 rings (SSSR count). The number of primary amides is 1. The highest BCUT2D eigenvalue weighted by atomic mass is 16.3. The van der Waals surface area contributed by atoms with E-state index in [1.807, 2.05) is 19.1 Å². The summed E-state index contributed by atoms with van der Waals surface area (Å²) in [5.41, 5.74) is 10.0. The molecule has 5 heteroatoms. The number of carbonyl (C=O) groups excluding carboxylic acids is 1. The summed E-state index contributed by atoms with van der Waals surface area (Å²) in [6.45, 7) is 4.88. The summed E-state index contributed by atoms with van der Waals surface area (Å²) in [5.74, 6) is -0.415. The van der Waals surface area contributed by atoms with Crippen LogP contribution in [0.4, 0.5) is 0 Å². The van der Waals surface area contributed by atoms with E-state index in [2.05, 4.69) is 16.5 Å². The lowest BCUT2D eigenvalue weighted by atomic mass is 9.99. The van der Waals surface area contributed by atoms with Crippen LogP contribution < -0.4 is 5.73 Å². The molecule has 5 nitrogen and oxygen atoms in total. The second kappa shape index (κ2) is 7.92. The molecule has 0 aliphatic carbocycles. The van der Waals surface area contributed by atoms with E-state index in [0.29, 0.717) is 18.5 Å². The van der Waals surface area contributed by atoms with Gasteiger partial charge in [-0.1, -0.05) is 19.4 Å². The average molecular weight is 315 g/mol. The summed E-state index contributed by atoms with van der Waals surface area (Å²) in [6, 6.07) is 3.82. The zero-order valence-electron chi connectivity index (χ0n) is 13.9. The Balaban J connectivity index is 2.66. The highest BCUT2D eigenvalue weighted by Crippen LogP contribution is 2.33. The first-order chi connectivity index (χ1) is 11.1. The quantitative estimate of drug-likeness (QED) is 0.786. The maximum atomic E-state index is 12.1. The van der Waals surface area contributed by atoms with Gasteiger partial charge in [-0.25, -0.2) is 0 Å². The number of nitrogens with two attached hydrogens (primary N) is 1. The summed E-state index contributed by atoms with van der Waals surface area (Å²) >= 11 is 0. The summed E-state index contributed by atoms with van der Waals surface area (Å²) in [7, 11) is 0. The Bertz CT molecular complexity index is 663. The minimum Gasteiger partial charge on any atom is -0.396 e. The number of nitrogens with zero attached hydrogens (tertiary/aromatic N) is 2. The maximum absolute atomic E-state index is 12.1. The molecule has 0 radical (unpaired) electrons. The number of hydrogen-bond donors (Lipinski definition) is 2. The molecule has 0 aliphatic rings. The molecule has 3 N–H and O–H groups in total. The lowest BCUT2D eigenvalue weighted by molar-refractivity contribution is 0.1000. The molecule has 23 heavy (non-hydrogen) atoms. The molecule has 0 atom stereocenters. The van der Waals surface area contributed by atoms with Gasteiger partial charge in [0, 0.05) is 48.1 Å². The van der Waals surface area contributed by atoms with E-state index < -0.39 is 5.91 Å². The molecule has 2 aromatic heterocycles. The Morgan fingerprint density at radius 3 is 2.74 bits per heavy atom. The summed E-state index contributed by atoms with van der Waals surface area (Å²) in [6.07, 6.45) is 7.12. The fraction of sp³-hybridized carbons (Fsp3) is 0.444. The zero-order chi connectivity index (χ0) is 16.8. The third-order valence-corrected chi connectivity index (χ3v) is 4.13. The smallest absolute Gasteiger partial charge is 0.251 e. The van der Waals surface area contributed by atoms with Crippen LogP contribution in [0, 0.1) is 6.92 Å². The first-order valence-electron chi connectivity index (χ1n) is 8.14. The van der Waals surface area contributed by atoms with Crippen LogP contribution in [0.1, 0.15) is 47.9 Å². The van der Waals surface area contributed by atoms with E-state index in [1.165, 1.54) is 0 Å². The predicted molar refractivity (Wildman–Crippen MR) is 91.2 cm³/mol.